The summed E-state index contributed by atoms with van der Waals surface area (Å²) in [7, 11) is 1.17. The fraction of sp³-hybridized carbons (Fsp3) is 0.727. The quantitative estimate of drug-likeness (QED) is 0.658. The summed E-state index contributed by atoms with van der Waals surface area (Å²) in [6.45, 7) is -0.542. The molecule has 1 saturated carbocycles. The standard InChI is InChI=1S/C11H16N2O4/c1-17-9(15)8(6-14)13-10(16)11(7-12)4-2-3-5-11/h8,14H,2-6H2,1H3,(H,13,16). The van der Waals surface area contributed by atoms with Crippen molar-refractivity contribution in [2.24, 2.45) is 5.41 Å². The summed E-state index contributed by atoms with van der Waals surface area (Å²) in [6.07, 6.45) is 2.63. The first-order valence-electron chi connectivity index (χ1n) is 5.50. The van der Waals surface area contributed by atoms with Crippen LogP contribution >= 0.6 is 0 Å². The van der Waals surface area contributed by atoms with Crippen LogP contribution in [0.2, 0.25) is 0 Å². The topological polar surface area (TPSA) is 99.4 Å². The fourth-order valence-corrected chi connectivity index (χ4v) is 1.99. The van der Waals surface area contributed by atoms with Gasteiger partial charge >= 0.3 is 5.97 Å². The molecule has 6 nitrogen and oxygen atoms in total. The maximum absolute atomic E-state index is 11.9. The number of carbonyl (C=O) groups excluding carboxylic acids is 2. The van der Waals surface area contributed by atoms with E-state index in [4.69, 9.17) is 10.4 Å². The molecule has 0 saturated heterocycles. The van der Waals surface area contributed by atoms with Crippen LogP contribution in [-0.4, -0.2) is 36.7 Å². The molecule has 0 aromatic carbocycles. The molecule has 1 aliphatic rings. The van der Waals surface area contributed by atoms with E-state index in [0.717, 1.165) is 12.8 Å². The van der Waals surface area contributed by atoms with Crippen LogP contribution in [0, 0.1) is 16.7 Å². The van der Waals surface area contributed by atoms with Crippen molar-refractivity contribution < 1.29 is 19.4 Å². The molecule has 1 fully saturated rings. The summed E-state index contributed by atoms with van der Waals surface area (Å²) >= 11 is 0. The van der Waals surface area contributed by atoms with Gasteiger partial charge in [0.1, 0.15) is 5.41 Å². The Balaban J connectivity index is 2.70. The van der Waals surface area contributed by atoms with E-state index in [2.05, 4.69) is 10.1 Å². The van der Waals surface area contributed by atoms with Crippen molar-refractivity contribution in [3.05, 3.63) is 0 Å². The number of hydrogen-bond donors (Lipinski definition) is 2. The van der Waals surface area contributed by atoms with Crippen molar-refractivity contribution in [2.75, 3.05) is 13.7 Å². The summed E-state index contributed by atoms with van der Waals surface area (Å²) in [5.74, 6) is -1.21. The molecule has 0 heterocycles. The van der Waals surface area contributed by atoms with Gasteiger partial charge in [-0.25, -0.2) is 4.79 Å². The summed E-state index contributed by atoms with van der Waals surface area (Å²) in [5, 5.41) is 20.4. The third-order valence-corrected chi connectivity index (χ3v) is 3.08. The van der Waals surface area contributed by atoms with E-state index in [9.17, 15) is 9.59 Å². The molecule has 1 unspecified atom stereocenters. The summed E-state index contributed by atoms with van der Waals surface area (Å²) in [6, 6.07) is 0.919. The third-order valence-electron chi connectivity index (χ3n) is 3.08. The molecule has 1 atom stereocenters. The number of ether oxygens (including phenoxy) is 1. The minimum absolute atomic E-state index is 0.495. The van der Waals surface area contributed by atoms with Gasteiger partial charge in [-0.3, -0.25) is 4.79 Å². The molecule has 17 heavy (non-hydrogen) atoms. The van der Waals surface area contributed by atoms with Crippen molar-refractivity contribution in [1.29, 1.82) is 5.26 Å². The first kappa shape index (κ1) is 13.5. The highest BCUT2D eigenvalue weighted by Crippen LogP contribution is 2.37. The predicted octanol–water partition coefficient (Wildman–Crippen LogP) is -0.280. The van der Waals surface area contributed by atoms with Crippen molar-refractivity contribution >= 4 is 11.9 Å². The fourth-order valence-electron chi connectivity index (χ4n) is 1.99. The van der Waals surface area contributed by atoms with Gasteiger partial charge in [-0.15, -0.1) is 0 Å². The molecule has 0 bridgehead atoms. The smallest absolute Gasteiger partial charge is 0.330 e. The zero-order valence-electron chi connectivity index (χ0n) is 9.73. The SMILES string of the molecule is COC(=O)C(CO)NC(=O)C1(C#N)CCCC1. The molecule has 1 aliphatic carbocycles. The number of nitrogens with zero attached hydrogens (tertiary/aromatic N) is 1. The summed E-state index contributed by atoms with van der Waals surface area (Å²) < 4.78 is 4.44. The highest BCUT2D eigenvalue weighted by molar-refractivity contribution is 5.90. The Morgan fingerprint density at radius 1 is 1.53 bits per heavy atom. The first-order chi connectivity index (χ1) is 8.09. The molecule has 6 heteroatoms. The zero-order valence-corrected chi connectivity index (χ0v) is 9.73. The van der Waals surface area contributed by atoms with Crippen molar-refractivity contribution in [3.63, 3.8) is 0 Å². The van der Waals surface area contributed by atoms with Crippen LogP contribution in [-0.2, 0) is 14.3 Å². The predicted molar refractivity (Wildman–Crippen MR) is 57.5 cm³/mol. The van der Waals surface area contributed by atoms with Gasteiger partial charge in [0.05, 0.1) is 19.8 Å². The largest absolute Gasteiger partial charge is 0.467 e. The molecule has 2 N–H and O–H groups in total. The maximum Gasteiger partial charge on any atom is 0.330 e. The molecule has 0 aromatic rings. The second-order valence-electron chi connectivity index (χ2n) is 4.13. The molecule has 0 aliphatic heterocycles. The van der Waals surface area contributed by atoms with Gasteiger partial charge in [0.2, 0.25) is 5.91 Å². The lowest BCUT2D eigenvalue weighted by Crippen LogP contribution is -2.49. The van der Waals surface area contributed by atoms with E-state index in [1.54, 1.807) is 0 Å². The Kier molecular flexibility index (Phi) is 4.46. The second-order valence-corrected chi connectivity index (χ2v) is 4.13. The van der Waals surface area contributed by atoms with Crippen molar-refractivity contribution in [3.8, 4) is 6.07 Å². The van der Waals surface area contributed by atoms with Gasteiger partial charge in [0.25, 0.3) is 0 Å². The zero-order chi connectivity index (χ0) is 12.9. The van der Waals surface area contributed by atoms with Crippen LogP contribution in [0.3, 0.4) is 0 Å². The van der Waals surface area contributed by atoms with Gasteiger partial charge in [0.15, 0.2) is 6.04 Å². The van der Waals surface area contributed by atoms with Gasteiger partial charge in [-0.1, -0.05) is 12.8 Å². The first-order valence-corrected chi connectivity index (χ1v) is 5.50. The highest BCUT2D eigenvalue weighted by atomic mass is 16.5. The number of amides is 1. The molecule has 0 aromatic heterocycles. The minimum atomic E-state index is -1.10. The van der Waals surface area contributed by atoms with E-state index in [-0.39, 0.29) is 0 Å². The number of methoxy groups -OCH3 is 1. The molecular weight excluding hydrogens is 224 g/mol. The second kappa shape index (κ2) is 5.64. The minimum Gasteiger partial charge on any atom is -0.467 e. The normalized spacial score (nSPS) is 19.1. The number of carbonyl (C=O) groups is 2. The monoisotopic (exact) mass is 240 g/mol. The lowest BCUT2D eigenvalue weighted by molar-refractivity contribution is -0.147. The van der Waals surface area contributed by atoms with Crippen LogP contribution in [0.1, 0.15) is 25.7 Å². The van der Waals surface area contributed by atoms with E-state index in [0.29, 0.717) is 12.8 Å². The number of nitrogens with one attached hydrogen (secondary N) is 1. The summed E-state index contributed by atoms with van der Waals surface area (Å²) in [5.41, 5.74) is -1.05. The van der Waals surface area contributed by atoms with Crippen molar-refractivity contribution in [1.82, 2.24) is 5.32 Å². The van der Waals surface area contributed by atoms with E-state index < -0.39 is 29.9 Å². The molecule has 0 spiro atoms. The van der Waals surface area contributed by atoms with E-state index in [1.807, 2.05) is 6.07 Å². The Bertz CT molecular complexity index is 342. The average molecular weight is 240 g/mol. The van der Waals surface area contributed by atoms with Gasteiger partial charge in [-0.2, -0.15) is 5.26 Å². The number of esters is 1. The number of hydrogen-bond acceptors (Lipinski definition) is 5. The molecule has 94 valence electrons. The number of aliphatic hydroxyl groups is 1. The van der Waals surface area contributed by atoms with Crippen LogP contribution in [0.5, 0.6) is 0 Å². The van der Waals surface area contributed by atoms with E-state index in [1.165, 1.54) is 7.11 Å². The van der Waals surface area contributed by atoms with E-state index >= 15 is 0 Å². The van der Waals surface area contributed by atoms with Crippen LogP contribution < -0.4 is 5.32 Å². The lowest BCUT2D eigenvalue weighted by atomic mass is 9.87. The Hall–Kier alpha value is -1.61. The molecule has 0 radical (unpaired) electrons. The molecule has 1 amide bonds. The average Bonchev–Trinajstić information content (AvgIpc) is 2.84. The third kappa shape index (κ3) is 2.74. The number of nitriles is 1. The van der Waals surface area contributed by atoms with Crippen LogP contribution in [0.15, 0.2) is 0 Å². The number of rotatable bonds is 4. The van der Waals surface area contributed by atoms with Gasteiger partial charge in [-0.05, 0) is 12.8 Å². The Morgan fingerprint density at radius 2 is 2.12 bits per heavy atom. The summed E-state index contributed by atoms with van der Waals surface area (Å²) in [4.78, 5) is 23.1. The maximum atomic E-state index is 11.9. The number of aliphatic hydroxyl groups excluding tert-OH is 1. The van der Waals surface area contributed by atoms with Crippen LogP contribution in [0.25, 0.3) is 0 Å². The van der Waals surface area contributed by atoms with Crippen molar-refractivity contribution in [2.45, 2.75) is 31.7 Å². The van der Waals surface area contributed by atoms with Crippen LogP contribution in [0.4, 0.5) is 0 Å². The highest BCUT2D eigenvalue weighted by Gasteiger charge is 2.42. The molecule has 1 rings (SSSR count). The molecular formula is C11H16N2O4. The van der Waals surface area contributed by atoms with Gasteiger partial charge in [0, 0.05) is 0 Å². The Labute approximate surface area is 99.6 Å². The lowest BCUT2D eigenvalue weighted by Gasteiger charge is -2.22. The van der Waals surface area contributed by atoms with Gasteiger partial charge < -0.3 is 15.2 Å². The Morgan fingerprint density at radius 3 is 2.53 bits per heavy atom.